The molecule has 0 amide bonds. The van der Waals surface area contributed by atoms with E-state index in [1.165, 1.54) is 0 Å². The molecule has 5 heteroatoms. The first-order valence-electron chi connectivity index (χ1n) is 3.13. The smallest absolute Gasteiger partial charge is 0.238 e. The van der Waals surface area contributed by atoms with Gasteiger partial charge in [-0.2, -0.15) is 0 Å². The van der Waals surface area contributed by atoms with Crippen molar-refractivity contribution in [3.8, 4) is 0 Å². The van der Waals surface area contributed by atoms with Gasteiger partial charge in [0.05, 0.1) is 6.10 Å². The van der Waals surface area contributed by atoms with E-state index in [1.807, 2.05) is 0 Å². The molecule has 1 rings (SSSR count). The summed E-state index contributed by atoms with van der Waals surface area (Å²) in [6.45, 7) is 0. The fraction of sp³-hybridized carbons (Fsp3) is 1.00. The molecule has 2 unspecified atom stereocenters. The molecule has 1 aliphatic carbocycles. The van der Waals surface area contributed by atoms with Crippen LogP contribution in [0.2, 0.25) is 0 Å². The van der Waals surface area contributed by atoms with Crippen molar-refractivity contribution in [2.45, 2.75) is 30.6 Å². The molecule has 1 N–H and O–H groups in total. The molecule has 3 nitrogen and oxygen atoms in total. The van der Waals surface area contributed by atoms with Gasteiger partial charge >= 0.3 is 0 Å². The Hall–Kier alpha value is 0.200. The summed E-state index contributed by atoms with van der Waals surface area (Å²) in [5, 5.41) is 8.33. The highest BCUT2D eigenvalue weighted by atomic mass is 35.7. The van der Waals surface area contributed by atoms with Gasteiger partial charge in [-0.25, -0.2) is 8.42 Å². The number of aliphatic hydroxyl groups is 1. The lowest BCUT2D eigenvalue weighted by molar-refractivity contribution is 0.185. The zero-order valence-corrected chi connectivity index (χ0v) is 6.90. The van der Waals surface area contributed by atoms with Crippen molar-refractivity contribution in [3.05, 3.63) is 0 Å². The summed E-state index contributed by atoms with van der Waals surface area (Å²) in [5.74, 6) is 0. The zero-order valence-electron chi connectivity index (χ0n) is 5.33. The maximum atomic E-state index is 10.6. The summed E-state index contributed by atoms with van der Waals surface area (Å²) in [6.07, 6.45) is 1.05. The molecule has 1 saturated carbocycles. The van der Waals surface area contributed by atoms with Gasteiger partial charge in [0.15, 0.2) is 0 Å². The molecular weight excluding hydrogens is 176 g/mol. The van der Waals surface area contributed by atoms with Crippen LogP contribution in [-0.4, -0.2) is 24.9 Å². The molecule has 0 aromatic carbocycles. The summed E-state index contributed by atoms with van der Waals surface area (Å²) in [5.41, 5.74) is 0. The van der Waals surface area contributed by atoms with E-state index >= 15 is 0 Å². The Labute approximate surface area is 64.4 Å². The van der Waals surface area contributed by atoms with E-state index in [9.17, 15) is 8.42 Å². The first-order valence-corrected chi connectivity index (χ1v) is 5.50. The van der Waals surface area contributed by atoms with Gasteiger partial charge in [0.2, 0.25) is 9.05 Å². The minimum Gasteiger partial charge on any atom is -0.392 e. The number of aliphatic hydroxyl groups excluding tert-OH is 1. The molecule has 10 heavy (non-hydrogen) atoms. The highest BCUT2D eigenvalue weighted by Crippen LogP contribution is 2.27. The maximum absolute atomic E-state index is 10.6. The Morgan fingerprint density at radius 1 is 1.40 bits per heavy atom. The molecule has 1 fully saturated rings. The number of rotatable bonds is 1. The summed E-state index contributed by atoms with van der Waals surface area (Å²) < 4.78 is 21.3. The van der Waals surface area contributed by atoms with Crippen LogP contribution in [-0.2, 0) is 9.05 Å². The minimum absolute atomic E-state index is 0.493. The number of hydrogen-bond acceptors (Lipinski definition) is 3. The molecule has 0 aliphatic heterocycles. The van der Waals surface area contributed by atoms with Gasteiger partial charge in [0.1, 0.15) is 5.25 Å². The van der Waals surface area contributed by atoms with Crippen LogP contribution in [0.25, 0.3) is 0 Å². The van der Waals surface area contributed by atoms with E-state index in [4.69, 9.17) is 15.8 Å². The summed E-state index contributed by atoms with van der Waals surface area (Å²) in [7, 11) is 1.52. The highest BCUT2D eigenvalue weighted by Gasteiger charge is 2.34. The van der Waals surface area contributed by atoms with Crippen LogP contribution in [0.3, 0.4) is 0 Å². The van der Waals surface area contributed by atoms with Gasteiger partial charge in [-0.15, -0.1) is 0 Å². The Balaban J connectivity index is 2.74. The second kappa shape index (κ2) is 2.68. The average Bonchev–Trinajstić information content (AvgIpc) is 2.11. The second-order valence-electron chi connectivity index (χ2n) is 2.51. The van der Waals surface area contributed by atoms with Crippen LogP contribution < -0.4 is 0 Å². The molecular formula is C5H9ClO3S. The number of hydrogen-bond donors (Lipinski definition) is 1. The van der Waals surface area contributed by atoms with Gasteiger partial charge in [-0.1, -0.05) is 0 Å². The third-order valence-corrected chi connectivity index (χ3v) is 3.74. The predicted molar refractivity (Wildman–Crippen MR) is 38.4 cm³/mol. The van der Waals surface area contributed by atoms with Crippen molar-refractivity contribution in [3.63, 3.8) is 0 Å². The first kappa shape index (κ1) is 8.30. The summed E-state index contributed by atoms with van der Waals surface area (Å²) in [6, 6.07) is 0. The molecule has 0 aromatic rings. The van der Waals surface area contributed by atoms with Gasteiger partial charge in [0.25, 0.3) is 0 Å². The molecule has 0 spiro atoms. The molecule has 0 heterocycles. The van der Waals surface area contributed by atoms with Crippen molar-refractivity contribution in [1.82, 2.24) is 0 Å². The first-order chi connectivity index (χ1) is 4.52. The van der Waals surface area contributed by atoms with Crippen molar-refractivity contribution >= 4 is 19.7 Å². The van der Waals surface area contributed by atoms with Gasteiger partial charge in [-0.3, -0.25) is 0 Å². The van der Waals surface area contributed by atoms with E-state index in [0.29, 0.717) is 12.8 Å². The monoisotopic (exact) mass is 184 g/mol. The largest absolute Gasteiger partial charge is 0.392 e. The van der Waals surface area contributed by atoms with Crippen LogP contribution in [0.15, 0.2) is 0 Å². The van der Waals surface area contributed by atoms with E-state index < -0.39 is 20.4 Å². The molecule has 0 saturated heterocycles. The Bertz CT molecular complexity index is 211. The van der Waals surface area contributed by atoms with Gasteiger partial charge in [-0.05, 0) is 19.3 Å². The van der Waals surface area contributed by atoms with Gasteiger partial charge < -0.3 is 5.11 Å². The quantitative estimate of drug-likeness (QED) is 0.603. The number of halogens is 1. The summed E-state index contributed by atoms with van der Waals surface area (Å²) >= 11 is 0. The van der Waals surface area contributed by atoms with Crippen LogP contribution in [0, 0.1) is 0 Å². The molecule has 60 valence electrons. The predicted octanol–water partition coefficient (Wildman–Crippen LogP) is 0.468. The van der Waals surface area contributed by atoms with Crippen LogP contribution in [0.1, 0.15) is 19.3 Å². The molecule has 1 aliphatic rings. The van der Waals surface area contributed by atoms with E-state index in [2.05, 4.69) is 0 Å². The van der Waals surface area contributed by atoms with E-state index in [0.717, 1.165) is 6.42 Å². The molecule has 0 aromatic heterocycles. The zero-order chi connectivity index (χ0) is 7.78. The van der Waals surface area contributed by atoms with Gasteiger partial charge in [0, 0.05) is 10.7 Å². The standard InChI is InChI=1S/C5H9ClO3S/c6-10(8,9)5-3-1-2-4(5)7/h4-5,7H,1-3H2. The Morgan fingerprint density at radius 2 is 2.00 bits per heavy atom. The Morgan fingerprint density at radius 3 is 2.20 bits per heavy atom. The van der Waals surface area contributed by atoms with E-state index in [1.54, 1.807) is 0 Å². The van der Waals surface area contributed by atoms with E-state index in [-0.39, 0.29) is 0 Å². The normalized spacial score (nSPS) is 34.6. The average molecular weight is 185 g/mol. The third-order valence-electron chi connectivity index (χ3n) is 1.78. The maximum Gasteiger partial charge on any atom is 0.238 e. The van der Waals surface area contributed by atoms with Crippen molar-refractivity contribution in [2.75, 3.05) is 0 Å². The SMILES string of the molecule is O=S(=O)(Cl)C1CCCC1O. The van der Waals surface area contributed by atoms with Crippen LogP contribution in [0.4, 0.5) is 0 Å². The summed E-state index contributed by atoms with van der Waals surface area (Å²) in [4.78, 5) is 0. The second-order valence-corrected chi connectivity index (χ2v) is 5.36. The van der Waals surface area contributed by atoms with Crippen LogP contribution >= 0.6 is 10.7 Å². The third kappa shape index (κ3) is 1.62. The topological polar surface area (TPSA) is 54.4 Å². The lowest BCUT2D eigenvalue weighted by Crippen LogP contribution is -2.25. The fourth-order valence-corrected chi connectivity index (χ4v) is 2.82. The fourth-order valence-electron chi connectivity index (χ4n) is 1.23. The molecule has 2 atom stereocenters. The van der Waals surface area contributed by atoms with Crippen LogP contribution in [0.5, 0.6) is 0 Å². The Kier molecular flexibility index (Phi) is 2.22. The lowest BCUT2D eigenvalue weighted by Gasteiger charge is -2.08. The van der Waals surface area contributed by atoms with Crippen molar-refractivity contribution in [1.29, 1.82) is 0 Å². The molecule has 0 bridgehead atoms. The highest BCUT2D eigenvalue weighted by molar-refractivity contribution is 8.14. The minimum atomic E-state index is -3.53. The van der Waals surface area contributed by atoms with Crippen molar-refractivity contribution in [2.24, 2.45) is 0 Å². The molecule has 0 radical (unpaired) electrons. The van der Waals surface area contributed by atoms with Crippen molar-refractivity contribution < 1.29 is 13.5 Å². The lowest BCUT2D eigenvalue weighted by atomic mass is 10.3.